The normalized spacial score (nSPS) is 11.2. The monoisotopic (exact) mass is 257 g/mol. The van der Waals surface area contributed by atoms with Gasteiger partial charge in [-0.3, -0.25) is 0 Å². The minimum atomic E-state index is 0.958. The molecule has 18 heavy (non-hydrogen) atoms. The van der Waals surface area contributed by atoms with Crippen molar-refractivity contribution in [1.82, 2.24) is 14.5 Å². The molecule has 0 amide bonds. The summed E-state index contributed by atoms with van der Waals surface area (Å²) >= 11 is 1.78. The summed E-state index contributed by atoms with van der Waals surface area (Å²) < 4.78 is 2.22. The average Bonchev–Trinajstić information content (AvgIpc) is 2.95. The molecule has 3 heterocycles. The molecule has 0 saturated heterocycles. The highest BCUT2D eigenvalue weighted by Crippen LogP contribution is 2.29. The predicted molar refractivity (Wildman–Crippen MR) is 75.9 cm³/mol. The van der Waals surface area contributed by atoms with Crippen molar-refractivity contribution in [2.24, 2.45) is 0 Å². The van der Waals surface area contributed by atoms with Gasteiger partial charge >= 0.3 is 0 Å². The van der Waals surface area contributed by atoms with Crippen LogP contribution in [0.2, 0.25) is 0 Å². The Bertz CT molecular complexity index is 681. The number of fused-ring (bicyclic) bond motifs is 1. The first-order valence-corrected chi connectivity index (χ1v) is 6.99. The number of thiophene rings is 1. The van der Waals surface area contributed by atoms with E-state index in [-0.39, 0.29) is 0 Å². The molecule has 0 radical (unpaired) electrons. The standard InChI is InChI=1S/C14H15N3S/c1-3-9-17-13-11(5-4-8-15-13)16-14(17)12-7-6-10(2)18-12/h4-8H,3,9H2,1-2H3. The van der Waals surface area contributed by atoms with Crippen LogP contribution in [0.5, 0.6) is 0 Å². The lowest BCUT2D eigenvalue weighted by molar-refractivity contribution is 0.699. The summed E-state index contributed by atoms with van der Waals surface area (Å²) in [7, 11) is 0. The van der Waals surface area contributed by atoms with E-state index in [1.807, 2.05) is 18.3 Å². The number of aryl methyl sites for hydroxylation is 2. The summed E-state index contributed by atoms with van der Waals surface area (Å²) in [6.45, 7) is 5.26. The largest absolute Gasteiger partial charge is 0.308 e. The molecule has 3 aromatic rings. The van der Waals surface area contributed by atoms with Crippen molar-refractivity contribution >= 4 is 22.5 Å². The smallest absolute Gasteiger partial charge is 0.160 e. The van der Waals surface area contributed by atoms with Crippen LogP contribution in [0.25, 0.3) is 21.9 Å². The van der Waals surface area contributed by atoms with Crippen LogP contribution in [0.4, 0.5) is 0 Å². The fraction of sp³-hybridized carbons (Fsp3) is 0.286. The second-order valence-electron chi connectivity index (χ2n) is 4.34. The molecule has 0 aliphatic rings. The van der Waals surface area contributed by atoms with E-state index < -0.39 is 0 Å². The van der Waals surface area contributed by atoms with E-state index in [9.17, 15) is 0 Å². The number of imidazole rings is 1. The molecule has 0 spiro atoms. The van der Waals surface area contributed by atoms with Gasteiger partial charge in [-0.1, -0.05) is 6.92 Å². The van der Waals surface area contributed by atoms with Crippen molar-refractivity contribution in [3.63, 3.8) is 0 Å². The summed E-state index contributed by atoms with van der Waals surface area (Å²) in [5.41, 5.74) is 1.97. The minimum Gasteiger partial charge on any atom is -0.308 e. The third kappa shape index (κ3) is 1.82. The van der Waals surface area contributed by atoms with Crippen molar-refractivity contribution in [1.29, 1.82) is 0 Å². The van der Waals surface area contributed by atoms with Gasteiger partial charge in [0, 0.05) is 17.6 Å². The van der Waals surface area contributed by atoms with E-state index in [1.165, 1.54) is 9.75 Å². The Morgan fingerprint density at radius 3 is 2.89 bits per heavy atom. The Morgan fingerprint density at radius 1 is 1.28 bits per heavy atom. The van der Waals surface area contributed by atoms with Crippen molar-refractivity contribution in [3.05, 3.63) is 35.3 Å². The molecule has 0 aromatic carbocycles. The number of rotatable bonds is 3. The molecule has 0 unspecified atom stereocenters. The molecule has 92 valence electrons. The second-order valence-corrected chi connectivity index (χ2v) is 5.63. The van der Waals surface area contributed by atoms with Gasteiger partial charge in [0.25, 0.3) is 0 Å². The van der Waals surface area contributed by atoms with Gasteiger partial charge in [-0.2, -0.15) is 0 Å². The molecule has 0 bridgehead atoms. The van der Waals surface area contributed by atoms with E-state index in [4.69, 9.17) is 4.98 Å². The zero-order chi connectivity index (χ0) is 12.5. The van der Waals surface area contributed by atoms with Gasteiger partial charge in [0.15, 0.2) is 11.5 Å². The Balaban J connectivity index is 2.24. The van der Waals surface area contributed by atoms with Crippen LogP contribution in [0, 0.1) is 6.92 Å². The quantitative estimate of drug-likeness (QED) is 0.713. The highest BCUT2D eigenvalue weighted by molar-refractivity contribution is 7.15. The van der Waals surface area contributed by atoms with E-state index in [2.05, 4.69) is 35.5 Å². The molecule has 0 N–H and O–H groups in total. The highest BCUT2D eigenvalue weighted by Gasteiger charge is 2.13. The number of hydrogen-bond donors (Lipinski definition) is 0. The molecule has 0 saturated carbocycles. The molecular formula is C14H15N3S. The zero-order valence-electron chi connectivity index (χ0n) is 10.6. The number of pyridine rings is 1. The maximum atomic E-state index is 4.73. The van der Waals surface area contributed by atoms with Gasteiger partial charge in [0.05, 0.1) is 4.88 Å². The van der Waals surface area contributed by atoms with Crippen LogP contribution in [-0.2, 0) is 6.54 Å². The van der Waals surface area contributed by atoms with Crippen molar-refractivity contribution in [2.45, 2.75) is 26.8 Å². The van der Waals surface area contributed by atoms with Gasteiger partial charge in [-0.15, -0.1) is 11.3 Å². The van der Waals surface area contributed by atoms with Gasteiger partial charge in [-0.05, 0) is 37.6 Å². The molecule has 3 aromatic heterocycles. The fourth-order valence-electron chi connectivity index (χ4n) is 2.14. The molecule has 4 heteroatoms. The molecule has 0 atom stereocenters. The third-order valence-electron chi connectivity index (χ3n) is 2.91. The first kappa shape index (κ1) is 11.4. The Labute approximate surface area is 110 Å². The average molecular weight is 257 g/mol. The Kier molecular flexibility index (Phi) is 2.88. The van der Waals surface area contributed by atoms with Crippen LogP contribution in [0.15, 0.2) is 30.5 Å². The first-order chi connectivity index (χ1) is 8.79. The van der Waals surface area contributed by atoms with Crippen molar-refractivity contribution in [2.75, 3.05) is 0 Å². The van der Waals surface area contributed by atoms with Crippen LogP contribution in [-0.4, -0.2) is 14.5 Å². The summed E-state index contributed by atoms with van der Waals surface area (Å²) in [6.07, 6.45) is 2.92. The van der Waals surface area contributed by atoms with Crippen LogP contribution in [0.1, 0.15) is 18.2 Å². The zero-order valence-corrected chi connectivity index (χ0v) is 11.4. The molecular weight excluding hydrogens is 242 g/mol. The second kappa shape index (κ2) is 4.53. The highest BCUT2D eigenvalue weighted by atomic mass is 32.1. The van der Waals surface area contributed by atoms with Gasteiger partial charge in [-0.25, -0.2) is 9.97 Å². The maximum absolute atomic E-state index is 4.73. The van der Waals surface area contributed by atoms with Gasteiger partial charge in [0.1, 0.15) is 5.52 Å². The van der Waals surface area contributed by atoms with E-state index in [0.717, 1.165) is 30.0 Å². The lowest BCUT2D eigenvalue weighted by atomic mass is 10.4. The summed E-state index contributed by atoms with van der Waals surface area (Å²) in [4.78, 5) is 11.7. The summed E-state index contributed by atoms with van der Waals surface area (Å²) in [5, 5.41) is 0. The SMILES string of the molecule is CCCn1c(-c2ccc(C)s2)nc2cccnc21. The lowest BCUT2D eigenvalue weighted by Gasteiger charge is -2.04. The van der Waals surface area contributed by atoms with Crippen LogP contribution in [0.3, 0.4) is 0 Å². The number of nitrogens with zero attached hydrogens (tertiary/aromatic N) is 3. The van der Waals surface area contributed by atoms with Gasteiger partial charge < -0.3 is 4.57 Å². The van der Waals surface area contributed by atoms with E-state index >= 15 is 0 Å². The molecule has 0 aliphatic carbocycles. The Hall–Kier alpha value is -1.68. The van der Waals surface area contributed by atoms with E-state index in [0.29, 0.717) is 0 Å². The predicted octanol–water partition coefficient (Wildman–Crippen LogP) is 3.88. The van der Waals surface area contributed by atoms with Crippen molar-refractivity contribution in [3.8, 4) is 10.7 Å². The lowest BCUT2D eigenvalue weighted by Crippen LogP contribution is -1.99. The topological polar surface area (TPSA) is 30.7 Å². The van der Waals surface area contributed by atoms with Crippen molar-refractivity contribution < 1.29 is 0 Å². The van der Waals surface area contributed by atoms with Gasteiger partial charge in [0.2, 0.25) is 0 Å². The molecule has 0 fully saturated rings. The van der Waals surface area contributed by atoms with Crippen LogP contribution < -0.4 is 0 Å². The van der Waals surface area contributed by atoms with E-state index in [1.54, 1.807) is 11.3 Å². The number of aromatic nitrogens is 3. The summed E-state index contributed by atoms with van der Waals surface area (Å²) in [5.74, 6) is 1.05. The maximum Gasteiger partial charge on any atom is 0.160 e. The Morgan fingerprint density at radius 2 is 2.17 bits per heavy atom. The minimum absolute atomic E-state index is 0.958. The number of hydrogen-bond acceptors (Lipinski definition) is 3. The van der Waals surface area contributed by atoms with Crippen LogP contribution >= 0.6 is 11.3 Å². The fourth-order valence-corrected chi connectivity index (χ4v) is 3.00. The molecule has 0 aliphatic heterocycles. The first-order valence-electron chi connectivity index (χ1n) is 6.17. The summed E-state index contributed by atoms with van der Waals surface area (Å²) in [6, 6.07) is 8.25. The molecule has 3 rings (SSSR count). The third-order valence-corrected chi connectivity index (χ3v) is 3.91. The molecule has 3 nitrogen and oxygen atoms in total.